The molecule has 11 heteroatoms. The van der Waals surface area contributed by atoms with E-state index in [0.717, 1.165) is 98.8 Å². The van der Waals surface area contributed by atoms with Gasteiger partial charge in [0.1, 0.15) is 11.8 Å². The van der Waals surface area contributed by atoms with Crippen molar-refractivity contribution in [2.45, 2.75) is 130 Å². The first-order valence-electron chi connectivity index (χ1n) is 19.0. The number of alkyl halides is 1. The first-order valence-corrected chi connectivity index (χ1v) is 20.4. The highest BCUT2D eigenvalue weighted by Crippen LogP contribution is 2.34. The lowest BCUT2D eigenvalue weighted by atomic mass is 9.76. The number of likely N-dealkylation sites (tertiary alicyclic amines) is 1. The summed E-state index contributed by atoms with van der Waals surface area (Å²) in [6.45, 7) is 11.3. The molecule has 1 aliphatic heterocycles. The van der Waals surface area contributed by atoms with Crippen LogP contribution in [0.5, 0.6) is 0 Å². The Hall–Kier alpha value is -2.37. The van der Waals surface area contributed by atoms with Gasteiger partial charge in [0.2, 0.25) is 11.8 Å². The average Bonchev–Trinajstić information content (AvgIpc) is 3.72. The second-order valence-corrected chi connectivity index (χ2v) is 16.2. The summed E-state index contributed by atoms with van der Waals surface area (Å²) >= 11 is 7.29. The van der Waals surface area contributed by atoms with E-state index in [1.165, 1.54) is 17.7 Å². The molecular weight excluding hydrogens is 686 g/mol. The van der Waals surface area contributed by atoms with Gasteiger partial charge in [-0.3, -0.25) is 14.4 Å². The first-order chi connectivity index (χ1) is 24.5. The van der Waals surface area contributed by atoms with Crippen LogP contribution in [0.4, 0.5) is 0 Å². The number of amides is 2. The van der Waals surface area contributed by atoms with Crippen molar-refractivity contribution in [2.75, 3.05) is 38.9 Å². The third-order valence-corrected chi connectivity index (χ3v) is 10.8. The van der Waals surface area contributed by atoms with Gasteiger partial charge in [-0.1, -0.05) is 64.3 Å². The number of hydrogen-bond donors (Lipinski definition) is 2. The monoisotopic (exact) mass is 747 g/mol. The number of halogens is 1. The molecular formula is C40H62ClN3O6S. The SMILES string of the molecule is Cc1ncsc1-c1ccc(CNC(=O)[C@@H]2C[C@@H](O)CN2C(=O)[C@@H](CC(=O)CCCCCOCCCCCOCCCCCCCl)C(C)(C)C)cc1. The maximum absolute atomic E-state index is 13.9. The summed E-state index contributed by atoms with van der Waals surface area (Å²) in [5.74, 6) is -0.315. The summed E-state index contributed by atoms with van der Waals surface area (Å²) in [4.78, 5) is 47.3. The Bertz CT molecular complexity index is 1310. The lowest BCUT2D eigenvalue weighted by Gasteiger charge is -2.34. The highest BCUT2D eigenvalue weighted by molar-refractivity contribution is 7.13. The Kier molecular flexibility index (Phi) is 19.7. The van der Waals surface area contributed by atoms with Crippen molar-refractivity contribution in [3.8, 4) is 10.4 Å². The minimum atomic E-state index is -0.786. The molecule has 2 aromatic rings. The summed E-state index contributed by atoms with van der Waals surface area (Å²) in [6, 6.07) is 7.21. The fraction of sp³-hybridized carbons (Fsp3) is 0.700. The number of unbranched alkanes of at least 4 members (excludes halogenated alkanes) is 7. The van der Waals surface area contributed by atoms with Crippen molar-refractivity contribution in [3.05, 3.63) is 41.0 Å². The molecule has 1 aromatic heterocycles. The van der Waals surface area contributed by atoms with Gasteiger partial charge in [-0.2, -0.15) is 0 Å². The molecule has 2 amide bonds. The molecule has 51 heavy (non-hydrogen) atoms. The van der Waals surface area contributed by atoms with E-state index in [0.29, 0.717) is 19.6 Å². The van der Waals surface area contributed by atoms with Gasteiger partial charge in [0.15, 0.2) is 0 Å². The molecule has 3 atom stereocenters. The number of aryl methyl sites for hydroxylation is 1. The lowest BCUT2D eigenvalue weighted by Crippen LogP contribution is -2.50. The van der Waals surface area contributed by atoms with Crippen molar-refractivity contribution in [2.24, 2.45) is 11.3 Å². The standard InChI is InChI=1S/C40H62ClN3O6S/c1-30-37(51-29-43-30)32-18-16-31(17-19-32)27-42-38(47)36-26-34(46)28-44(36)39(48)35(40(2,3)4)25-33(45)15-9-7-12-22-50-24-14-8-13-23-49-21-11-6-5-10-20-41/h16-19,29,34-36,46H,5-15,20-28H2,1-4H3,(H,42,47)/t34-,35-,36+/m1/s1. The molecule has 1 aromatic carbocycles. The van der Waals surface area contributed by atoms with Gasteiger partial charge in [-0.25, -0.2) is 4.98 Å². The molecule has 1 saturated heterocycles. The molecule has 9 nitrogen and oxygen atoms in total. The van der Waals surface area contributed by atoms with Crippen LogP contribution in [0.25, 0.3) is 10.4 Å². The summed E-state index contributed by atoms with van der Waals surface area (Å²) in [6.07, 6.45) is 10.2. The van der Waals surface area contributed by atoms with Crippen molar-refractivity contribution < 1.29 is 29.0 Å². The molecule has 2 heterocycles. The smallest absolute Gasteiger partial charge is 0.243 e. The number of ether oxygens (including phenoxy) is 2. The lowest BCUT2D eigenvalue weighted by molar-refractivity contribution is -0.146. The molecule has 0 bridgehead atoms. The number of aromatic nitrogens is 1. The molecule has 0 aliphatic carbocycles. The maximum atomic E-state index is 13.9. The van der Waals surface area contributed by atoms with Crippen molar-refractivity contribution >= 4 is 40.5 Å². The molecule has 0 saturated carbocycles. The number of Topliss-reactive ketones (excluding diaryl/α,β-unsaturated/α-hetero) is 1. The van der Waals surface area contributed by atoms with E-state index in [1.807, 2.05) is 57.5 Å². The minimum Gasteiger partial charge on any atom is -0.391 e. The Labute approximate surface area is 315 Å². The number of nitrogens with zero attached hydrogens (tertiary/aromatic N) is 2. The summed E-state index contributed by atoms with van der Waals surface area (Å²) in [7, 11) is 0. The Morgan fingerprint density at radius 1 is 0.941 bits per heavy atom. The number of β-amino-alcohol motifs (C(OH)–C–C–N with tert-alkyl or cyclic N) is 1. The number of ketones is 1. The minimum absolute atomic E-state index is 0.0550. The van der Waals surface area contributed by atoms with Gasteiger partial charge in [-0.05, 0) is 68.4 Å². The third kappa shape index (κ3) is 15.6. The van der Waals surface area contributed by atoms with Crippen molar-refractivity contribution in [1.82, 2.24) is 15.2 Å². The van der Waals surface area contributed by atoms with E-state index in [9.17, 15) is 19.5 Å². The van der Waals surface area contributed by atoms with Crippen LogP contribution in [0.15, 0.2) is 29.8 Å². The number of benzene rings is 1. The summed E-state index contributed by atoms with van der Waals surface area (Å²) in [5, 5.41) is 13.5. The molecule has 0 spiro atoms. The van der Waals surface area contributed by atoms with Crippen molar-refractivity contribution in [1.29, 1.82) is 0 Å². The van der Waals surface area contributed by atoms with Crippen LogP contribution >= 0.6 is 22.9 Å². The zero-order valence-electron chi connectivity index (χ0n) is 31.4. The Balaban J connectivity index is 1.34. The normalized spacial score (nSPS) is 16.8. The molecule has 0 radical (unpaired) electrons. The zero-order valence-corrected chi connectivity index (χ0v) is 33.0. The highest BCUT2D eigenvalue weighted by Gasteiger charge is 2.44. The topological polar surface area (TPSA) is 118 Å². The predicted molar refractivity (Wildman–Crippen MR) is 206 cm³/mol. The van der Waals surface area contributed by atoms with Crippen LogP contribution in [-0.4, -0.2) is 83.6 Å². The Morgan fingerprint density at radius 2 is 1.53 bits per heavy atom. The molecule has 286 valence electrons. The second kappa shape index (κ2) is 23.3. The number of nitrogens with one attached hydrogen (secondary N) is 1. The summed E-state index contributed by atoms with van der Waals surface area (Å²) < 4.78 is 11.5. The van der Waals surface area contributed by atoms with Crippen LogP contribution in [0.2, 0.25) is 0 Å². The molecule has 3 rings (SSSR count). The zero-order chi connectivity index (χ0) is 37.1. The fourth-order valence-electron chi connectivity index (χ4n) is 6.40. The van der Waals surface area contributed by atoms with E-state index in [1.54, 1.807) is 11.3 Å². The number of aliphatic hydroxyl groups excluding tert-OH is 1. The van der Waals surface area contributed by atoms with Gasteiger partial charge in [0, 0.05) is 70.6 Å². The van der Waals surface area contributed by atoms with E-state index in [2.05, 4.69) is 10.3 Å². The van der Waals surface area contributed by atoms with E-state index in [4.69, 9.17) is 21.1 Å². The number of hydrogen-bond acceptors (Lipinski definition) is 8. The van der Waals surface area contributed by atoms with Crippen LogP contribution in [0, 0.1) is 18.3 Å². The Morgan fingerprint density at radius 3 is 2.10 bits per heavy atom. The maximum Gasteiger partial charge on any atom is 0.243 e. The molecule has 1 aliphatic rings. The second-order valence-electron chi connectivity index (χ2n) is 14.9. The first kappa shape index (κ1) is 43.0. The molecule has 0 unspecified atom stereocenters. The van der Waals surface area contributed by atoms with E-state index >= 15 is 0 Å². The fourth-order valence-corrected chi connectivity index (χ4v) is 7.40. The quantitative estimate of drug-likeness (QED) is 0.0784. The number of aliphatic hydroxyl groups is 1. The number of carbonyl (C=O) groups is 3. The van der Waals surface area contributed by atoms with E-state index < -0.39 is 23.5 Å². The van der Waals surface area contributed by atoms with Crippen LogP contribution in [0.1, 0.15) is 115 Å². The average molecular weight is 748 g/mol. The predicted octanol–water partition coefficient (Wildman–Crippen LogP) is 7.88. The molecule has 1 fully saturated rings. The van der Waals surface area contributed by atoms with Gasteiger partial charge < -0.3 is 24.8 Å². The van der Waals surface area contributed by atoms with Crippen LogP contribution in [-0.2, 0) is 30.4 Å². The molecule has 2 N–H and O–H groups in total. The van der Waals surface area contributed by atoms with Gasteiger partial charge in [-0.15, -0.1) is 22.9 Å². The van der Waals surface area contributed by atoms with Gasteiger partial charge in [0.05, 0.1) is 22.2 Å². The van der Waals surface area contributed by atoms with Crippen LogP contribution < -0.4 is 5.32 Å². The number of rotatable bonds is 25. The van der Waals surface area contributed by atoms with E-state index in [-0.39, 0.29) is 37.0 Å². The van der Waals surface area contributed by atoms with Crippen LogP contribution in [0.3, 0.4) is 0 Å². The van der Waals surface area contributed by atoms with Crippen molar-refractivity contribution in [3.63, 3.8) is 0 Å². The highest BCUT2D eigenvalue weighted by atomic mass is 35.5. The number of thiazole rings is 1. The number of carbonyl (C=O) groups excluding carboxylic acids is 3. The van der Waals surface area contributed by atoms with Gasteiger partial charge >= 0.3 is 0 Å². The largest absolute Gasteiger partial charge is 0.391 e. The summed E-state index contributed by atoms with van der Waals surface area (Å²) in [5.41, 5.74) is 4.35. The third-order valence-electron chi connectivity index (χ3n) is 9.56. The van der Waals surface area contributed by atoms with Gasteiger partial charge in [0.25, 0.3) is 0 Å².